The number of thiophene rings is 1. The van der Waals surface area contributed by atoms with Gasteiger partial charge in [0.15, 0.2) is 0 Å². The lowest BCUT2D eigenvalue weighted by atomic mass is 9.90. The topological polar surface area (TPSA) is 78.7 Å². The number of carbonyl (C=O) groups excluding carboxylic acids is 1. The molecule has 2 aromatic rings. The third kappa shape index (κ3) is 3.65. The largest absolute Gasteiger partial charge is 0.337 e. The molecule has 0 unspecified atom stereocenters. The first kappa shape index (κ1) is 17.7. The number of thioether (sulfide) groups is 1. The van der Waals surface area contributed by atoms with Gasteiger partial charge in [0.25, 0.3) is 0 Å². The van der Waals surface area contributed by atoms with Crippen LogP contribution in [-0.4, -0.2) is 27.2 Å². The standard InChI is InChI=1S/C16H20N4OS2/c1-9(2)16(5,7-17)20-12(21)6-22-14-13-10(3)11(4)23-15(13)19-8-18-14/h8-9H,6H2,1-5H3,(H,20,21)/t16-/m1/s1. The summed E-state index contributed by atoms with van der Waals surface area (Å²) in [5, 5.41) is 13.9. The van der Waals surface area contributed by atoms with Crippen molar-refractivity contribution in [2.24, 2.45) is 5.92 Å². The normalized spacial score (nSPS) is 13.8. The molecule has 0 aliphatic carbocycles. The third-order valence-electron chi connectivity index (χ3n) is 4.06. The van der Waals surface area contributed by atoms with Crippen LogP contribution in [0.4, 0.5) is 0 Å². The monoisotopic (exact) mass is 348 g/mol. The summed E-state index contributed by atoms with van der Waals surface area (Å²) in [6, 6.07) is 2.18. The molecule has 1 atom stereocenters. The molecule has 7 heteroatoms. The lowest BCUT2D eigenvalue weighted by Crippen LogP contribution is -2.49. The molecule has 2 rings (SSSR count). The Morgan fingerprint density at radius 1 is 1.48 bits per heavy atom. The van der Waals surface area contributed by atoms with Crippen molar-refractivity contribution < 1.29 is 4.79 Å². The van der Waals surface area contributed by atoms with Crippen molar-refractivity contribution in [3.05, 3.63) is 16.8 Å². The van der Waals surface area contributed by atoms with Crippen LogP contribution in [0, 0.1) is 31.1 Å². The van der Waals surface area contributed by atoms with E-state index >= 15 is 0 Å². The van der Waals surface area contributed by atoms with E-state index in [2.05, 4.69) is 28.3 Å². The fourth-order valence-electron chi connectivity index (χ4n) is 2.02. The summed E-state index contributed by atoms with van der Waals surface area (Å²) in [4.78, 5) is 23.0. The van der Waals surface area contributed by atoms with Crippen molar-refractivity contribution in [2.75, 3.05) is 5.75 Å². The van der Waals surface area contributed by atoms with Crippen molar-refractivity contribution in [2.45, 2.75) is 45.2 Å². The van der Waals surface area contributed by atoms with Gasteiger partial charge in [0.2, 0.25) is 5.91 Å². The Kier molecular flexibility index (Phi) is 5.27. The average Bonchev–Trinajstić information content (AvgIpc) is 2.80. The molecule has 0 bridgehead atoms. The van der Waals surface area contributed by atoms with Crippen molar-refractivity contribution in [1.29, 1.82) is 5.26 Å². The molecule has 0 aliphatic heterocycles. The number of nitriles is 1. The van der Waals surface area contributed by atoms with E-state index in [9.17, 15) is 10.1 Å². The molecule has 5 nitrogen and oxygen atoms in total. The number of aromatic nitrogens is 2. The molecule has 2 aromatic heterocycles. The molecular weight excluding hydrogens is 328 g/mol. The van der Waals surface area contributed by atoms with Crippen LogP contribution in [0.25, 0.3) is 10.2 Å². The second kappa shape index (κ2) is 6.85. The highest BCUT2D eigenvalue weighted by Crippen LogP contribution is 2.34. The Balaban J connectivity index is 2.13. The zero-order valence-electron chi connectivity index (χ0n) is 13.9. The van der Waals surface area contributed by atoms with Crippen LogP contribution < -0.4 is 5.32 Å². The van der Waals surface area contributed by atoms with Gasteiger partial charge in [0, 0.05) is 10.3 Å². The van der Waals surface area contributed by atoms with E-state index in [1.54, 1.807) is 18.3 Å². The SMILES string of the molecule is Cc1sc2ncnc(SCC(=O)N[C@](C)(C#N)C(C)C)c2c1C. The van der Waals surface area contributed by atoms with Crippen LogP contribution in [0.5, 0.6) is 0 Å². The van der Waals surface area contributed by atoms with Gasteiger partial charge in [-0.1, -0.05) is 25.6 Å². The van der Waals surface area contributed by atoms with E-state index in [0.29, 0.717) is 0 Å². The Bertz CT molecular complexity index is 778. The maximum atomic E-state index is 12.2. The number of fused-ring (bicyclic) bond motifs is 1. The fourth-order valence-corrected chi connectivity index (χ4v) is 3.94. The molecule has 23 heavy (non-hydrogen) atoms. The molecule has 0 spiro atoms. The first-order valence-electron chi connectivity index (χ1n) is 7.34. The molecule has 0 aliphatic rings. The first-order chi connectivity index (χ1) is 10.8. The summed E-state index contributed by atoms with van der Waals surface area (Å²) in [5.74, 6) is 0.0999. The van der Waals surface area contributed by atoms with Crippen molar-refractivity contribution in [1.82, 2.24) is 15.3 Å². The number of aryl methyl sites for hydroxylation is 2. The Morgan fingerprint density at radius 2 is 2.17 bits per heavy atom. The Hall–Kier alpha value is -1.65. The van der Waals surface area contributed by atoms with Crippen molar-refractivity contribution >= 4 is 39.2 Å². The highest BCUT2D eigenvalue weighted by molar-refractivity contribution is 8.00. The van der Waals surface area contributed by atoms with Gasteiger partial charge < -0.3 is 5.32 Å². The molecular formula is C16H20N4OS2. The van der Waals surface area contributed by atoms with Gasteiger partial charge in [-0.3, -0.25) is 4.79 Å². The number of hydrogen-bond donors (Lipinski definition) is 1. The summed E-state index contributed by atoms with van der Waals surface area (Å²) in [6.07, 6.45) is 1.53. The molecule has 0 saturated heterocycles. The zero-order valence-corrected chi connectivity index (χ0v) is 15.6. The number of hydrogen-bond acceptors (Lipinski definition) is 6. The maximum Gasteiger partial charge on any atom is 0.231 e. The minimum absolute atomic E-state index is 0.0361. The molecule has 0 fully saturated rings. The summed E-state index contributed by atoms with van der Waals surface area (Å²) >= 11 is 3.02. The molecule has 1 N–H and O–H groups in total. The van der Waals surface area contributed by atoms with E-state index in [0.717, 1.165) is 20.8 Å². The van der Waals surface area contributed by atoms with Gasteiger partial charge in [0.05, 0.1) is 11.8 Å². The van der Waals surface area contributed by atoms with Crippen molar-refractivity contribution in [3.63, 3.8) is 0 Å². The van der Waals surface area contributed by atoms with Crippen LogP contribution in [0.1, 0.15) is 31.2 Å². The number of amides is 1. The Morgan fingerprint density at radius 3 is 2.78 bits per heavy atom. The molecule has 2 heterocycles. The van der Waals surface area contributed by atoms with Gasteiger partial charge in [-0.25, -0.2) is 9.97 Å². The summed E-state index contributed by atoms with van der Waals surface area (Å²) in [6.45, 7) is 9.69. The molecule has 0 radical (unpaired) electrons. The lowest BCUT2D eigenvalue weighted by molar-refractivity contribution is -0.120. The molecule has 0 saturated carbocycles. The molecule has 1 amide bonds. The van der Waals surface area contributed by atoms with E-state index in [4.69, 9.17) is 0 Å². The van der Waals surface area contributed by atoms with Gasteiger partial charge in [-0.05, 0) is 32.3 Å². The van der Waals surface area contributed by atoms with Crippen LogP contribution in [0.15, 0.2) is 11.4 Å². The third-order valence-corrected chi connectivity index (χ3v) is 6.16. The zero-order chi connectivity index (χ0) is 17.2. The Labute approximate surface area is 144 Å². The van der Waals surface area contributed by atoms with E-state index in [-0.39, 0.29) is 17.6 Å². The summed E-state index contributed by atoms with van der Waals surface area (Å²) in [5.41, 5.74) is 0.311. The predicted molar refractivity (Wildman–Crippen MR) is 94.6 cm³/mol. The van der Waals surface area contributed by atoms with E-state index < -0.39 is 5.54 Å². The maximum absolute atomic E-state index is 12.2. The van der Waals surface area contributed by atoms with Crippen LogP contribution in [0.3, 0.4) is 0 Å². The number of carbonyl (C=O) groups is 1. The number of nitrogens with zero attached hydrogens (tertiary/aromatic N) is 3. The van der Waals surface area contributed by atoms with E-state index in [1.165, 1.54) is 23.0 Å². The minimum Gasteiger partial charge on any atom is -0.337 e. The quantitative estimate of drug-likeness (QED) is 0.661. The first-order valence-corrected chi connectivity index (χ1v) is 9.14. The average molecular weight is 348 g/mol. The highest BCUT2D eigenvalue weighted by atomic mass is 32.2. The summed E-state index contributed by atoms with van der Waals surface area (Å²) in [7, 11) is 0. The second-order valence-electron chi connectivity index (χ2n) is 5.95. The van der Waals surface area contributed by atoms with Crippen LogP contribution >= 0.6 is 23.1 Å². The van der Waals surface area contributed by atoms with Gasteiger partial charge in [-0.15, -0.1) is 11.3 Å². The van der Waals surface area contributed by atoms with E-state index in [1.807, 2.05) is 20.8 Å². The predicted octanol–water partition coefficient (Wildman–Crippen LogP) is 3.45. The lowest BCUT2D eigenvalue weighted by Gasteiger charge is -2.27. The van der Waals surface area contributed by atoms with Crippen LogP contribution in [-0.2, 0) is 4.79 Å². The number of nitrogens with one attached hydrogen (secondary N) is 1. The highest BCUT2D eigenvalue weighted by Gasteiger charge is 2.30. The van der Waals surface area contributed by atoms with Crippen LogP contribution in [0.2, 0.25) is 0 Å². The minimum atomic E-state index is -0.854. The second-order valence-corrected chi connectivity index (χ2v) is 8.12. The smallest absolute Gasteiger partial charge is 0.231 e. The number of rotatable bonds is 5. The molecule has 122 valence electrons. The van der Waals surface area contributed by atoms with Gasteiger partial charge in [-0.2, -0.15) is 5.26 Å². The van der Waals surface area contributed by atoms with Gasteiger partial charge >= 0.3 is 0 Å². The summed E-state index contributed by atoms with van der Waals surface area (Å²) < 4.78 is 0. The van der Waals surface area contributed by atoms with Gasteiger partial charge in [0.1, 0.15) is 21.7 Å². The fraction of sp³-hybridized carbons (Fsp3) is 0.500. The molecule has 0 aromatic carbocycles. The van der Waals surface area contributed by atoms with Crippen molar-refractivity contribution in [3.8, 4) is 6.07 Å².